The highest BCUT2D eigenvalue weighted by Crippen LogP contribution is 2.45. The quantitative estimate of drug-likeness (QED) is 0.426. The molecule has 0 aliphatic carbocycles. The van der Waals surface area contributed by atoms with Gasteiger partial charge in [0.1, 0.15) is 5.82 Å². The first kappa shape index (κ1) is 23.6. The molecule has 0 amide bonds. The van der Waals surface area contributed by atoms with Crippen LogP contribution in [0.2, 0.25) is 0 Å². The lowest BCUT2D eigenvalue weighted by molar-refractivity contribution is 0.0974. The number of benzene rings is 1. The highest BCUT2D eigenvalue weighted by Gasteiger charge is 2.47. The van der Waals surface area contributed by atoms with Crippen LogP contribution >= 0.6 is 0 Å². The molecule has 10 heteroatoms. The van der Waals surface area contributed by atoms with Crippen molar-refractivity contribution in [2.24, 2.45) is 18.2 Å². The first-order valence-corrected chi connectivity index (χ1v) is 13.7. The largest absolute Gasteiger partial charge is 0.376 e. The van der Waals surface area contributed by atoms with Gasteiger partial charge in [-0.1, -0.05) is 19.1 Å². The highest BCUT2D eigenvalue weighted by atomic mass is 16.5. The van der Waals surface area contributed by atoms with Gasteiger partial charge in [-0.05, 0) is 49.3 Å². The Bertz CT molecular complexity index is 1480. The molecule has 0 unspecified atom stereocenters. The van der Waals surface area contributed by atoms with Crippen molar-refractivity contribution in [1.82, 2.24) is 29.9 Å². The van der Waals surface area contributed by atoms with Crippen molar-refractivity contribution in [2.45, 2.75) is 51.2 Å². The average molecular weight is 514 g/mol. The molecule has 7 rings (SSSR count). The summed E-state index contributed by atoms with van der Waals surface area (Å²) in [7, 11) is 1.96. The number of hydrogen-bond donors (Lipinski definition) is 2. The van der Waals surface area contributed by atoms with Crippen molar-refractivity contribution in [3.63, 3.8) is 0 Å². The number of nitrogens with one attached hydrogen (secondary N) is 1. The lowest BCUT2D eigenvalue weighted by Gasteiger charge is -2.41. The zero-order chi connectivity index (χ0) is 26.0. The molecule has 3 atom stereocenters. The van der Waals surface area contributed by atoms with Crippen LogP contribution in [0.25, 0.3) is 22.3 Å². The van der Waals surface area contributed by atoms with Gasteiger partial charge in [0, 0.05) is 55.6 Å². The van der Waals surface area contributed by atoms with E-state index in [0.29, 0.717) is 5.92 Å². The van der Waals surface area contributed by atoms with E-state index >= 15 is 0 Å². The number of aryl methyl sites for hydroxylation is 1. The summed E-state index contributed by atoms with van der Waals surface area (Å²) in [5.41, 5.74) is 13.0. The second-order valence-electron chi connectivity index (χ2n) is 11.3. The fraction of sp³-hybridized carbons (Fsp3) is 0.500. The lowest BCUT2D eigenvalue weighted by atomic mass is 9.73. The molecule has 1 aromatic carbocycles. The van der Waals surface area contributed by atoms with Crippen LogP contribution in [0.1, 0.15) is 44.6 Å². The number of aromatic amines is 1. The van der Waals surface area contributed by atoms with Crippen LogP contribution in [0.5, 0.6) is 0 Å². The van der Waals surface area contributed by atoms with Crippen LogP contribution in [-0.2, 0) is 11.8 Å². The normalized spacial score (nSPS) is 24.9. The summed E-state index contributed by atoms with van der Waals surface area (Å²) in [5, 5.41) is 12.3. The van der Waals surface area contributed by atoms with E-state index in [4.69, 9.17) is 25.5 Å². The Labute approximate surface area is 222 Å². The van der Waals surface area contributed by atoms with Crippen molar-refractivity contribution in [2.75, 3.05) is 36.0 Å². The van der Waals surface area contributed by atoms with Crippen molar-refractivity contribution >= 4 is 28.5 Å². The summed E-state index contributed by atoms with van der Waals surface area (Å²) in [6.07, 6.45) is 9.09. The number of H-pyrrole nitrogens is 1. The topological polar surface area (TPSA) is 114 Å². The fourth-order valence-electron chi connectivity index (χ4n) is 6.70. The molecule has 2 saturated heterocycles. The number of ether oxygens (including phenoxy) is 1. The minimum Gasteiger partial charge on any atom is -0.376 e. The van der Waals surface area contributed by atoms with Gasteiger partial charge in [-0.15, -0.1) is 0 Å². The molecule has 0 saturated carbocycles. The molecule has 3 aliphatic rings. The van der Waals surface area contributed by atoms with Gasteiger partial charge in [0.05, 0.1) is 25.1 Å². The van der Waals surface area contributed by atoms with Gasteiger partial charge in [-0.2, -0.15) is 10.2 Å². The van der Waals surface area contributed by atoms with Crippen molar-refractivity contribution in [1.29, 1.82) is 0 Å². The number of hydrogen-bond acceptors (Lipinski definition) is 8. The van der Waals surface area contributed by atoms with Crippen LogP contribution in [0.15, 0.2) is 36.8 Å². The molecule has 3 aromatic heterocycles. The predicted octanol–water partition coefficient (Wildman–Crippen LogP) is 3.73. The first-order chi connectivity index (χ1) is 18.4. The summed E-state index contributed by atoms with van der Waals surface area (Å²) in [6.45, 7) is 7.83. The molecule has 0 radical (unpaired) electrons. The number of nitrogens with two attached hydrogens (primary N) is 1. The third kappa shape index (κ3) is 3.61. The van der Waals surface area contributed by atoms with Crippen LogP contribution in [0.4, 0.5) is 17.3 Å². The summed E-state index contributed by atoms with van der Waals surface area (Å²) < 4.78 is 7.74. The molecule has 10 nitrogen and oxygen atoms in total. The van der Waals surface area contributed by atoms with E-state index in [0.717, 1.165) is 73.9 Å². The Kier molecular flexibility index (Phi) is 5.45. The highest BCUT2D eigenvalue weighted by molar-refractivity contribution is 5.89. The minimum absolute atomic E-state index is 0.0854. The number of fused-ring (bicyclic) bond motifs is 2. The van der Waals surface area contributed by atoms with Crippen molar-refractivity contribution < 1.29 is 4.74 Å². The van der Waals surface area contributed by atoms with E-state index in [9.17, 15) is 0 Å². The van der Waals surface area contributed by atoms with Gasteiger partial charge < -0.3 is 20.3 Å². The smallest absolute Gasteiger partial charge is 0.183 e. The van der Waals surface area contributed by atoms with Gasteiger partial charge in [-0.3, -0.25) is 9.78 Å². The molecular weight excluding hydrogens is 478 g/mol. The number of anilines is 3. The van der Waals surface area contributed by atoms with E-state index in [-0.39, 0.29) is 17.6 Å². The van der Waals surface area contributed by atoms with Crippen LogP contribution in [0.3, 0.4) is 0 Å². The molecular formula is C28H35N9O. The van der Waals surface area contributed by atoms with Crippen molar-refractivity contribution in [3.05, 3.63) is 42.4 Å². The Balaban J connectivity index is 1.18. The second kappa shape index (κ2) is 8.78. The monoisotopic (exact) mass is 513 g/mol. The summed E-state index contributed by atoms with van der Waals surface area (Å²) in [5.74, 6) is 2.15. The van der Waals surface area contributed by atoms with Gasteiger partial charge >= 0.3 is 0 Å². The Morgan fingerprint density at radius 1 is 1.13 bits per heavy atom. The molecule has 6 heterocycles. The third-order valence-electron chi connectivity index (χ3n) is 9.09. The number of aromatic nitrogens is 6. The summed E-state index contributed by atoms with van der Waals surface area (Å²) in [4.78, 5) is 14.4. The Hall–Kier alpha value is -3.50. The molecule has 198 valence electrons. The standard InChI is InChI=1S/C28H35N9O/c1-17-7-10-37(21-6-4-5-20(23(17)21)19-13-31-35(3)15-19)27-24-26(33-34-27)32-22(14-30-24)36-11-8-28(9-12-36)16-38-18(2)25(28)29/h4-6,13-15,17-18,25H,7-12,16,29H2,1-3H3,(H,32,33,34)/t17-,18+,25-/m1/s1. The third-order valence-corrected chi connectivity index (χ3v) is 9.09. The minimum atomic E-state index is 0.0854. The second-order valence-corrected chi connectivity index (χ2v) is 11.3. The zero-order valence-electron chi connectivity index (χ0n) is 22.3. The van der Waals surface area contributed by atoms with Gasteiger partial charge in [-0.25, -0.2) is 9.97 Å². The molecule has 3 N–H and O–H groups in total. The Morgan fingerprint density at radius 2 is 1.97 bits per heavy atom. The maximum atomic E-state index is 6.51. The van der Waals surface area contributed by atoms with Crippen LogP contribution in [0, 0.1) is 5.41 Å². The van der Waals surface area contributed by atoms with Crippen LogP contribution < -0.4 is 15.5 Å². The Morgan fingerprint density at radius 3 is 2.71 bits per heavy atom. The molecule has 38 heavy (non-hydrogen) atoms. The van der Waals surface area contributed by atoms with Crippen molar-refractivity contribution in [3.8, 4) is 11.1 Å². The van der Waals surface area contributed by atoms with Crippen LogP contribution in [-0.4, -0.2) is 68.3 Å². The van der Waals surface area contributed by atoms with E-state index in [1.165, 1.54) is 16.8 Å². The zero-order valence-corrected chi connectivity index (χ0v) is 22.3. The average Bonchev–Trinajstić information content (AvgIpc) is 3.63. The number of nitrogens with zero attached hydrogens (tertiary/aromatic N) is 7. The number of rotatable bonds is 3. The molecule has 1 spiro atoms. The summed E-state index contributed by atoms with van der Waals surface area (Å²) in [6, 6.07) is 6.60. The first-order valence-electron chi connectivity index (χ1n) is 13.7. The van der Waals surface area contributed by atoms with E-state index < -0.39 is 0 Å². The maximum Gasteiger partial charge on any atom is 0.183 e. The predicted molar refractivity (Wildman–Crippen MR) is 148 cm³/mol. The molecule has 0 bridgehead atoms. The van der Waals surface area contributed by atoms with Gasteiger partial charge in [0.2, 0.25) is 0 Å². The fourth-order valence-corrected chi connectivity index (χ4v) is 6.70. The molecule has 4 aromatic rings. The van der Waals surface area contributed by atoms with E-state index in [1.54, 1.807) is 0 Å². The lowest BCUT2D eigenvalue weighted by Crippen LogP contribution is -2.50. The van der Waals surface area contributed by atoms with E-state index in [2.05, 4.69) is 58.2 Å². The van der Waals surface area contributed by atoms with Gasteiger partial charge in [0.25, 0.3) is 0 Å². The molecule has 2 fully saturated rings. The van der Waals surface area contributed by atoms with Gasteiger partial charge in [0.15, 0.2) is 17.0 Å². The molecule has 3 aliphatic heterocycles. The van der Waals surface area contributed by atoms with E-state index in [1.807, 2.05) is 24.1 Å². The maximum absolute atomic E-state index is 6.51. The number of piperidine rings is 1. The summed E-state index contributed by atoms with van der Waals surface area (Å²) >= 11 is 0. The SMILES string of the molecule is C[C@@H]1CCN(c2n[nH]c3nc(N4CCC5(CC4)CO[C@@H](C)[C@H]5N)cnc23)c2cccc(-c3cnn(C)c3)c21.